The number of carboxylic acid groups (broad SMARTS) is 1. The minimum atomic E-state index is -1.65. The largest absolute Gasteiger partial charge is 0.497 e. The van der Waals surface area contributed by atoms with Gasteiger partial charge in [-0.05, 0) is 49.2 Å². The second-order valence-corrected chi connectivity index (χ2v) is 10.6. The number of quaternary nitrogens is 1. The van der Waals surface area contributed by atoms with Gasteiger partial charge in [-0.3, -0.25) is 14.4 Å². The molecular weight excluding hydrogens is 619 g/mol. The average molecular weight is 655 g/mol. The Hall–Kier alpha value is -5.05. The van der Waals surface area contributed by atoms with E-state index in [1.807, 2.05) is 0 Å². The number of ketones is 1. The highest BCUT2D eigenvalue weighted by Crippen LogP contribution is 2.30. The van der Waals surface area contributed by atoms with E-state index in [0.29, 0.717) is 30.6 Å². The van der Waals surface area contributed by atoms with E-state index in [2.05, 4.69) is 5.32 Å². The topological polar surface area (TPSA) is 159 Å². The van der Waals surface area contributed by atoms with Gasteiger partial charge >= 0.3 is 12.1 Å². The molecule has 0 spiro atoms. The molecule has 0 aromatic heterocycles. The fourth-order valence-corrected chi connectivity index (χ4v) is 5.04. The molecule has 0 bridgehead atoms. The van der Waals surface area contributed by atoms with Crippen LogP contribution in [0, 0.1) is 5.82 Å². The van der Waals surface area contributed by atoms with Crippen LogP contribution in [-0.2, 0) is 14.3 Å². The Kier molecular flexibility index (Phi) is 11.8. The van der Waals surface area contributed by atoms with Crippen LogP contribution in [0.2, 0.25) is 0 Å². The van der Waals surface area contributed by atoms with Crippen LogP contribution in [0.4, 0.5) is 9.18 Å². The summed E-state index contributed by atoms with van der Waals surface area (Å²) in [7, 11) is 4.19. The third kappa shape index (κ3) is 8.61. The van der Waals surface area contributed by atoms with Crippen LogP contribution < -0.4 is 24.6 Å². The lowest BCUT2D eigenvalue weighted by Gasteiger charge is -2.34. The lowest BCUT2D eigenvalue weighted by Crippen LogP contribution is -2.63. The Balaban J connectivity index is 1.48. The number of ether oxygens (including phenoxy) is 5. The van der Waals surface area contributed by atoms with Crippen LogP contribution in [0.1, 0.15) is 55.9 Å². The van der Waals surface area contributed by atoms with Gasteiger partial charge in [-0.25, -0.2) is 9.18 Å². The summed E-state index contributed by atoms with van der Waals surface area (Å²) in [6, 6.07) is 13.1. The lowest BCUT2D eigenvalue weighted by atomic mass is 10.0. The Bertz CT molecular complexity index is 1580. The average Bonchev–Trinajstić information content (AvgIpc) is 3.28. The number of hydrogen-bond donors (Lipinski definition) is 1. The van der Waals surface area contributed by atoms with Crippen LogP contribution in [0.25, 0.3) is 0 Å². The molecule has 3 aromatic carbocycles. The van der Waals surface area contributed by atoms with Gasteiger partial charge in [0.15, 0.2) is 19.4 Å². The van der Waals surface area contributed by atoms with E-state index in [0.717, 1.165) is 6.07 Å². The van der Waals surface area contributed by atoms with Gasteiger partial charge < -0.3 is 38.9 Å². The third-order valence-corrected chi connectivity index (χ3v) is 7.43. The predicted molar refractivity (Wildman–Crippen MR) is 160 cm³/mol. The van der Waals surface area contributed by atoms with Gasteiger partial charge in [-0.1, -0.05) is 16.8 Å². The van der Waals surface area contributed by atoms with Crippen molar-refractivity contribution < 1.29 is 61.8 Å². The first-order valence-electron chi connectivity index (χ1n) is 14.6. The van der Waals surface area contributed by atoms with Crippen LogP contribution in [0.5, 0.6) is 17.2 Å². The van der Waals surface area contributed by atoms with Crippen molar-refractivity contribution in [1.29, 1.82) is 0 Å². The molecule has 2 amide bonds. The summed E-state index contributed by atoms with van der Waals surface area (Å²) in [6.07, 6.45) is -0.257. The number of carbonyl (C=O) groups excluding carboxylic acids is 4. The Labute approximate surface area is 270 Å². The highest BCUT2D eigenvalue weighted by molar-refractivity contribution is 6.11. The Morgan fingerprint density at radius 1 is 0.851 bits per heavy atom. The molecule has 0 saturated carbocycles. The summed E-state index contributed by atoms with van der Waals surface area (Å²) >= 11 is 0. The molecular formula is C33H35FN2O11. The number of methoxy groups -OCH3 is 3. The van der Waals surface area contributed by atoms with Gasteiger partial charge in [0.1, 0.15) is 41.7 Å². The second-order valence-electron chi connectivity index (χ2n) is 10.6. The minimum Gasteiger partial charge on any atom is -0.497 e. The molecule has 47 heavy (non-hydrogen) atoms. The maximum atomic E-state index is 14.9. The van der Waals surface area contributed by atoms with Crippen molar-refractivity contribution in [3.63, 3.8) is 0 Å². The second kappa shape index (κ2) is 16.0. The molecule has 3 aromatic rings. The fourth-order valence-electron chi connectivity index (χ4n) is 5.04. The van der Waals surface area contributed by atoms with Gasteiger partial charge in [-0.2, -0.15) is 0 Å². The molecule has 1 aliphatic heterocycles. The van der Waals surface area contributed by atoms with E-state index in [1.165, 1.54) is 51.7 Å². The van der Waals surface area contributed by atoms with Gasteiger partial charge in [0.25, 0.3) is 5.91 Å². The van der Waals surface area contributed by atoms with Crippen molar-refractivity contribution in [1.82, 2.24) is 5.32 Å². The van der Waals surface area contributed by atoms with Gasteiger partial charge in [0.05, 0.1) is 18.7 Å². The number of carbonyl (C=O) groups is 4. The smallest absolute Gasteiger partial charge is 0.398 e. The zero-order chi connectivity index (χ0) is 34.0. The quantitative estimate of drug-likeness (QED) is 0.174. The third-order valence-electron chi connectivity index (χ3n) is 7.43. The molecule has 1 N–H and O–H groups in total. The van der Waals surface area contributed by atoms with E-state index >= 15 is 0 Å². The number of hydrogen-bond acceptors (Lipinski definition) is 11. The molecule has 1 saturated heterocycles. The molecule has 1 fully saturated rings. The van der Waals surface area contributed by atoms with Crippen molar-refractivity contribution in [2.24, 2.45) is 0 Å². The number of likely N-dealkylation sites (tertiary alicyclic amines) is 1. The van der Waals surface area contributed by atoms with Crippen molar-refractivity contribution >= 4 is 23.8 Å². The van der Waals surface area contributed by atoms with Crippen molar-refractivity contribution in [2.45, 2.75) is 25.3 Å². The maximum Gasteiger partial charge on any atom is 0.398 e. The first-order valence-corrected chi connectivity index (χ1v) is 14.6. The summed E-state index contributed by atoms with van der Waals surface area (Å²) in [4.78, 5) is 57.4. The van der Waals surface area contributed by atoms with Crippen molar-refractivity contribution in [3.8, 4) is 17.2 Å². The van der Waals surface area contributed by atoms with E-state index in [9.17, 15) is 28.7 Å². The summed E-state index contributed by atoms with van der Waals surface area (Å²) in [5.41, 5.74) is -0.0868. The molecule has 13 nitrogen and oxygen atoms in total. The zero-order valence-electron chi connectivity index (χ0n) is 26.1. The molecule has 0 aliphatic carbocycles. The maximum absolute atomic E-state index is 14.9. The van der Waals surface area contributed by atoms with Crippen molar-refractivity contribution in [3.05, 3.63) is 88.7 Å². The molecule has 250 valence electrons. The summed E-state index contributed by atoms with van der Waals surface area (Å²) in [5.74, 6) is -2.53. The summed E-state index contributed by atoms with van der Waals surface area (Å²) in [6.45, 7) is -0.554. The summed E-state index contributed by atoms with van der Waals surface area (Å²) in [5, 5.41) is 15.3. The molecule has 0 radical (unpaired) electrons. The monoisotopic (exact) mass is 654 g/mol. The Morgan fingerprint density at radius 2 is 1.49 bits per heavy atom. The molecule has 2 atom stereocenters. The number of nitrogens with zero attached hydrogens (tertiary/aromatic N) is 1. The Morgan fingerprint density at radius 3 is 2.13 bits per heavy atom. The first-order chi connectivity index (χ1) is 22.6. The van der Waals surface area contributed by atoms with E-state index in [4.69, 9.17) is 28.5 Å². The number of amides is 2. The number of halogens is 1. The van der Waals surface area contributed by atoms with Crippen molar-refractivity contribution in [2.75, 3.05) is 48.0 Å². The summed E-state index contributed by atoms with van der Waals surface area (Å²) < 4.78 is 39.3. The normalized spacial score (nSPS) is 17.6. The molecule has 4 rings (SSSR count). The van der Waals surface area contributed by atoms with E-state index in [1.54, 1.807) is 24.3 Å². The fraction of sp³-hybridized carbons (Fsp3) is 0.333. The van der Waals surface area contributed by atoms with Crippen LogP contribution in [0.15, 0.2) is 60.7 Å². The first kappa shape index (κ1) is 34.8. The van der Waals surface area contributed by atoms with Crippen LogP contribution >= 0.6 is 0 Å². The van der Waals surface area contributed by atoms with E-state index in [-0.39, 0.29) is 54.9 Å². The van der Waals surface area contributed by atoms with Crippen LogP contribution in [0.3, 0.4) is 0 Å². The van der Waals surface area contributed by atoms with E-state index < -0.39 is 40.3 Å². The number of hydroxylamine groups is 3. The highest BCUT2D eigenvalue weighted by Gasteiger charge is 2.41. The molecule has 2 unspecified atom stereocenters. The number of rotatable bonds is 12. The zero-order valence-corrected chi connectivity index (χ0v) is 26.1. The van der Waals surface area contributed by atoms with Gasteiger partial charge in [0, 0.05) is 43.9 Å². The van der Waals surface area contributed by atoms with Crippen LogP contribution in [-0.4, -0.2) is 82.4 Å². The van der Waals surface area contributed by atoms with Gasteiger partial charge in [0.2, 0.25) is 0 Å². The number of nitrogens with one attached hydrogen (secondary N) is 1. The molecule has 1 heterocycles. The predicted octanol–water partition coefficient (Wildman–Crippen LogP) is 3.25. The highest BCUT2D eigenvalue weighted by atomic mass is 19.1. The minimum absolute atomic E-state index is 0.0209. The lowest BCUT2D eigenvalue weighted by molar-refractivity contribution is -1.04. The molecule has 1 aliphatic rings. The number of benzene rings is 3. The molecule has 14 heteroatoms. The SMILES string of the molecule is COCOc1ccc(C(=O)NC2CCCC[N+](OC(=O)c3ccc(C(=O)c4c(F)cc(OC)cc4OCOC)cc3)(C(=O)[O-])C2)cc1. The standard InChI is InChI=1S/C33H35FN2O11/c1-42-19-45-25-13-11-22(12-14-25)31(38)35-24-6-4-5-15-36(18-24,33(40)41)47-32(39)23-9-7-21(8-10-23)30(37)29-27(34)16-26(44-3)17-28(29)46-20-43-2/h7-14,16-17,24H,4-6,15,18-20H2,1-3H3,(H-,35,38,40,41). The van der Waals surface area contributed by atoms with Gasteiger partial charge in [-0.15, -0.1) is 0 Å².